The topological polar surface area (TPSA) is 82.1 Å². The molecule has 9 heteroatoms. The molecular formula is C18H22N4O3S2. The molecule has 144 valence electrons. The van der Waals surface area contributed by atoms with E-state index in [1.165, 1.54) is 11.8 Å². The van der Waals surface area contributed by atoms with Gasteiger partial charge in [0, 0.05) is 24.4 Å². The first-order valence-electron chi connectivity index (χ1n) is 9.01. The molecule has 1 amide bonds. The molecule has 1 fully saturated rings. The number of rotatable bonds is 4. The van der Waals surface area contributed by atoms with E-state index >= 15 is 0 Å². The molecule has 0 saturated carbocycles. The van der Waals surface area contributed by atoms with Crippen molar-refractivity contribution in [1.29, 1.82) is 0 Å². The molecule has 1 aromatic rings. The fourth-order valence-electron chi connectivity index (χ4n) is 3.76. The number of hydrogen-bond acceptors (Lipinski definition) is 7. The molecule has 3 heterocycles. The predicted molar refractivity (Wildman–Crippen MR) is 107 cm³/mol. The number of benzene rings is 1. The van der Waals surface area contributed by atoms with E-state index in [0.29, 0.717) is 13.0 Å². The van der Waals surface area contributed by atoms with Gasteiger partial charge < -0.3 is 10.3 Å². The molecule has 1 aromatic carbocycles. The van der Waals surface area contributed by atoms with E-state index in [1.54, 1.807) is 4.90 Å². The average Bonchev–Trinajstić information content (AvgIpc) is 3.27. The molecule has 7 nitrogen and oxygen atoms in total. The number of aliphatic imine (C=N–C) groups is 1. The summed E-state index contributed by atoms with van der Waals surface area (Å²) in [6.45, 7) is 2.41. The fraction of sp³-hybridized carbons (Fsp3) is 0.444. The normalized spacial score (nSPS) is 24.8. The standard InChI is InChI=1S/C18H22N4O3S2/c1-2-21(13-8-10-27(24,25)12-13)17(23)11-26-18-20-15-6-4-3-5-14(15)16-7-9-19-22(16)18/h3-7,9,13,16,19H,2,8,10-12H2,1H3/t13-,16-/m1/s1. The number of carbonyl (C=O) groups excluding carboxylic acids is 1. The minimum Gasteiger partial charge on any atom is -0.338 e. The molecular weight excluding hydrogens is 384 g/mol. The van der Waals surface area contributed by atoms with Gasteiger partial charge in [0.2, 0.25) is 5.91 Å². The zero-order valence-electron chi connectivity index (χ0n) is 15.0. The first-order chi connectivity index (χ1) is 13.0. The lowest BCUT2D eigenvalue weighted by Crippen LogP contribution is -2.43. The van der Waals surface area contributed by atoms with Crippen molar-refractivity contribution in [3.8, 4) is 0 Å². The number of carbonyl (C=O) groups is 1. The Morgan fingerprint density at radius 2 is 2.22 bits per heavy atom. The van der Waals surface area contributed by atoms with Crippen molar-refractivity contribution < 1.29 is 13.2 Å². The van der Waals surface area contributed by atoms with Crippen LogP contribution in [0, 0.1) is 0 Å². The second kappa shape index (κ2) is 7.20. The number of nitrogens with one attached hydrogen (secondary N) is 1. The van der Waals surface area contributed by atoms with Crippen LogP contribution in [0.2, 0.25) is 0 Å². The average molecular weight is 407 g/mol. The predicted octanol–water partition coefficient (Wildman–Crippen LogP) is 1.83. The number of amides is 1. The quantitative estimate of drug-likeness (QED) is 0.822. The number of thioether (sulfide) groups is 1. The molecule has 0 unspecified atom stereocenters. The molecule has 1 N–H and O–H groups in total. The van der Waals surface area contributed by atoms with Crippen LogP contribution in [0.25, 0.3) is 0 Å². The Kier molecular flexibility index (Phi) is 4.90. The molecule has 3 aliphatic heterocycles. The summed E-state index contributed by atoms with van der Waals surface area (Å²) in [6.07, 6.45) is 4.48. The summed E-state index contributed by atoms with van der Waals surface area (Å²) in [7, 11) is -3.02. The molecule has 0 spiro atoms. The Balaban J connectivity index is 1.46. The Hall–Kier alpha value is -2.00. The Morgan fingerprint density at radius 1 is 1.41 bits per heavy atom. The maximum Gasteiger partial charge on any atom is 0.233 e. The van der Waals surface area contributed by atoms with Gasteiger partial charge in [-0.1, -0.05) is 30.0 Å². The smallest absolute Gasteiger partial charge is 0.233 e. The summed E-state index contributed by atoms with van der Waals surface area (Å²) in [5.41, 5.74) is 5.22. The highest BCUT2D eigenvalue weighted by Gasteiger charge is 2.35. The minimum absolute atomic E-state index is 0.0464. The van der Waals surface area contributed by atoms with Gasteiger partial charge in [-0.2, -0.15) is 0 Å². The van der Waals surface area contributed by atoms with E-state index in [0.717, 1.165) is 16.4 Å². The molecule has 1 saturated heterocycles. The van der Waals surface area contributed by atoms with E-state index in [4.69, 9.17) is 4.99 Å². The van der Waals surface area contributed by atoms with E-state index in [2.05, 4.69) is 17.6 Å². The van der Waals surface area contributed by atoms with Crippen LogP contribution in [0.15, 0.2) is 41.5 Å². The maximum absolute atomic E-state index is 12.8. The number of nitrogens with zero attached hydrogens (tertiary/aromatic N) is 3. The SMILES string of the molecule is CCN(C(=O)CSC1=Nc2ccccc2[C@H]2C=CNN12)[C@@H]1CCS(=O)(=O)C1. The summed E-state index contributed by atoms with van der Waals surface area (Å²) in [5.74, 6) is 0.430. The number of hydrazine groups is 1. The zero-order valence-corrected chi connectivity index (χ0v) is 16.7. The molecule has 0 aliphatic carbocycles. The number of amidine groups is 1. The van der Waals surface area contributed by atoms with E-state index in [9.17, 15) is 13.2 Å². The highest BCUT2D eigenvalue weighted by Crippen LogP contribution is 2.38. The Morgan fingerprint density at radius 3 is 2.96 bits per heavy atom. The van der Waals surface area contributed by atoms with Gasteiger partial charge in [0.1, 0.15) is 0 Å². The third kappa shape index (κ3) is 3.58. The Labute approximate surface area is 163 Å². The molecule has 0 aromatic heterocycles. The van der Waals surface area contributed by atoms with Crippen molar-refractivity contribution in [3.05, 3.63) is 42.1 Å². The number of sulfone groups is 1. The van der Waals surface area contributed by atoms with Gasteiger partial charge in [-0.3, -0.25) is 9.80 Å². The third-order valence-corrected chi connectivity index (χ3v) is 7.77. The van der Waals surface area contributed by atoms with Crippen molar-refractivity contribution in [1.82, 2.24) is 15.3 Å². The van der Waals surface area contributed by atoms with Crippen LogP contribution in [0.4, 0.5) is 5.69 Å². The van der Waals surface area contributed by atoms with Gasteiger partial charge in [-0.05, 0) is 25.5 Å². The van der Waals surface area contributed by atoms with Crippen LogP contribution in [0.3, 0.4) is 0 Å². The van der Waals surface area contributed by atoms with Gasteiger partial charge in [0.25, 0.3) is 0 Å². The zero-order chi connectivity index (χ0) is 19.0. The highest BCUT2D eigenvalue weighted by molar-refractivity contribution is 8.14. The summed E-state index contributed by atoms with van der Waals surface area (Å²) >= 11 is 1.38. The second-order valence-electron chi connectivity index (χ2n) is 6.78. The highest BCUT2D eigenvalue weighted by atomic mass is 32.2. The first-order valence-corrected chi connectivity index (χ1v) is 11.8. The second-order valence-corrected chi connectivity index (χ2v) is 9.95. The van der Waals surface area contributed by atoms with E-state index in [1.807, 2.05) is 36.3 Å². The molecule has 3 aliphatic rings. The largest absolute Gasteiger partial charge is 0.338 e. The molecule has 4 rings (SSSR count). The van der Waals surface area contributed by atoms with Crippen molar-refractivity contribution in [2.45, 2.75) is 25.4 Å². The summed E-state index contributed by atoms with van der Waals surface area (Å²) in [4.78, 5) is 19.2. The van der Waals surface area contributed by atoms with Crippen LogP contribution in [-0.4, -0.2) is 59.2 Å². The minimum atomic E-state index is -3.02. The van der Waals surface area contributed by atoms with Gasteiger partial charge in [0.15, 0.2) is 15.0 Å². The lowest BCUT2D eigenvalue weighted by molar-refractivity contribution is -0.129. The van der Waals surface area contributed by atoms with Gasteiger partial charge in [-0.15, -0.1) is 0 Å². The van der Waals surface area contributed by atoms with Crippen molar-refractivity contribution in [2.24, 2.45) is 4.99 Å². The van der Waals surface area contributed by atoms with Gasteiger partial charge in [0.05, 0.1) is 29.0 Å². The lowest BCUT2D eigenvalue weighted by atomic mass is 10.0. The fourth-order valence-corrected chi connectivity index (χ4v) is 6.38. The number of para-hydroxylation sites is 1. The van der Waals surface area contributed by atoms with Crippen molar-refractivity contribution in [2.75, 3.05) is 23.8 Å². The van der Waals surface area contributed by atoms with Gasteiger partial charge >= 0.3 is 0 Å². The number of fused-ring (bicyclic) bond motifs is 3. The van der Waals surface area contributed by atoms with E-state index < -0.39 is 9.84 Å². The van der Waals surface area contributed by atoms with Crippen LogP contribution in [0.1, 0.15) is 24.9 Å². The van der Waals surface area contributed by atoms with Crippen LogP contribution in [0.5, 0.6) is 0 Å². The van der Waals surface area contributed by atoms with Gasteiger partial charge in [-0.25, -0.2) is 13.4 Å². The van der Waals surface area contributed by atoms with E-state index in [-0.39, 0.29) is 35.2 Å². The summed E-state index contributed by atoms with van der Waals surface area (Å²) in [5, 5.41) is 2.70. The van der Waals surface area contributed by atoms with Crippen LogP contribution >= 0.6 is 11.8 Å². The maximum atomic E-state index is 12.8. The van der Waals surface area contributed by atoms with Crippen LogP contribution in [-0.2, 0) is 14.6 Å². The number of hydrogen-bond donors (Lipinski definition) is 1. The monoisotopic (exact) mass is 406 g/mol. The van der Waals surface area contributed by atoms with Crippen LogP contribution < -0.4 is 5.43 Å². The summed E-state index contributed by atoms with van der Waals surface area (Å²) < 4.78 is 23.5. The summed E-state index contributed by atoms with van der Waals surface area (Å²) in [6, 6.07) is 7.84. The van der Waals surface area contributed by atoms with Crippen molar-refractivity contribution >= 4 is 38.4 Å². The Bertz CT molecular complexity index is 913. The first kappa shape index (κ1) is 18.4. The molecule has 2 atom stereocenters. The molecule has 0 radical (unpaired) electrons. The molecule has 27 heavy (non-hydrogen) atoms. The van der Waals surface area contributed by atoms with Crippen molar-refractivity contribution in [3.63, 3.8) is 0 Å². The lowest BCUT2D eigenvalue weighted by Gasteiger charge is -2.32. The molecule has 0 bridgehead atoms. The third-order valence-electron chi connectivity index (χ3n) is 5.08.